The van der Waals surface area contributed by atoms with Crippen LogP contribution in [0.5, 0.6) is 5.75 Å². The molecule has 1 N–H and O–H groups in total. The third-order valence-electron chi connectivity index (χ3n) is 6.56. The molecule has 0 radical (unpaired) electrons. The van der Waals surface area contributed by atoms with Crippen LogP contribution in [0.4, 0.5) is 0 Å². The first-order valence-electron chi connectivity index (χ1n) is 11.3. The average molecular weight is 443 g/mol. The summed E-state index contributed by atoms with van der Waals surface area (Å²) >= 11 is 0. The van der Waals surface area contributed by atoms with E-state index in [-0.39, 0.29) is 18.5 Å². The van der Waals surface area contributed by atoms with E-state index in [1.165, 1.54) is 0 Å². The number of hydrogen-bond donors (Lipinski definition) is 1. The second kappa shape index (κ2) is 8.28. The van der Waals surface area contributed by atoms with Gasteiger partial charge in [-0.15, -0.1) is 0 Å². The molecule has 0 bridgehead atoms. The van der Waals surface area contributed by atoms with Crippen molar-refractivity contribution in [3.63, 3.8) is 0 Å². The van der Waals surface area contributed by atoms with Gasteiger partial charge in [0.2, 0.25) is 0 Å². The van der Waals surface area contributed by atoms with Crippen molar-refractivity contribution < 1.29 is 19.4 Å². The molecule has 0 aliphatic carbocycles. The van der Waals surface area contributed by atoms with Gasteiger partial charge in [-0.1, -0.05) is 48.5 Å². The second-order valence-corrected chi connectivity index (χ2v) is 8.37. The Morgan fingerprint density at radius 2 is 1.76 bits per heavy atom. The van der Waals surface area contributed by atoms with Gasteiger partial charge in [0.1, 0.15) is 12.3 Å². The fraction of sp³-hybridized carbons (Fsp3) is 0.259. The molecule has 0 saturated heterocycles. The van der Waals surface area contributed by atoms with Crippen molar-refractivity contribution in [2.45, 2.75) is 32.9 Å². The predicted octanol–water partition coefficient (Wildman–Crippen LogP) is 5.04. The molecular formula is C27H26N2O4. The van der Waals surface area contributed by atoms with E-state index in [0.717, 1.165) is 32.9 Å². The number of carboxylic acids is 1. The topological polar surface area (TPSA) is 71.8 Å². The fourth-order valence-corrected chi connectivity index (χ4v) is 5.18. The molecule has 1 unspecified atom stereocenters. The van der Waals surface area contributed by atoms with Gasteiger partial charge in [0.05, 0.1) is 18.2 Å². The van der Waals surface area contributed by atoms with Gasteiger partial charge >= 0.3 is 5.97 Å². The van der Waals surface area contributed by atoms with E-state index >= 15 is 0 Å². The molecule has 1 aliphatic heterocycles. The summed E-state index contributed by atoms with van der Waals surface area (Å²) in [5.41, 5.74) is 3.51. The number of rotatable bonds is 5. The Hall–Kier alpha value is -3.80. The van der Waals surface area contributed by atoms with Crippen molar-refractivity contribution in [3.05, 3.63) is 77.5 Å². The van der Waals surface area contributed by atoms with Crippen LogP contribution in [-0.4, -0.2) is 39.6 Å². The second-order valence-electron chi connectivity index (χ2n) is 8.37. The number of hydrogen-bond acceptors (Lipinski definition) is 3. The van der Waals surface area contributed by atoms with Gasteiger partial charge in [-0.05, 0) is 36.8 Å². The monoisotopic (exact) mass is 442 g/mol. The zero-order valence-corrected chi connectivity index (χ0v) is 18.7. The van der Waals surface area contributed by atoms with Crippen LogP contribution in [0.1, 0.15) is 41.5 Å². The minimum Gasteiger partial charge on any atom is -0.493 e. The van der Waals surface area contributed by atoms with E-state index in [4.69, 9.17) is 4.74 Å². The van der Waals surface area contributed by atoms with Crippen LogP contribution in [0.2, 0.25) is 0 Å². The van der Waals surface area contributed by atoms with Gasteiger partial charge < -0.3 is 19.3 Å². The summed E-state index contributed by atoms with van der Waals surface area (Å²) in [6.45, 7) is 4.84. The van der Waals surface area contributed by atoms with Crippen LogP contribution in [0, 0.1) is 0 Å². The molecule has 2 heterocycles. The molecule has 5 rings (SSSR count). The van der Waals surface area contributed by atoms with Gasteiger partial charge in [0.15, 0.2) is 0 Å². The summed E-state index contributed by atoms with van der Waals surface area (Å²) in [6, 6.07) is 19.4. The lowest BCUT2D eigenvalue weighted by atomic mass is 9.95. The third-order valence-corrected chi connectivity index (χ3v) is 6.56. The summed E-state index contributed by atoms with van der Waals surface area (Å²) in [7, 11) is 0. The molecule has 6 heteroatoms. The maximum absolute atomic E-state index is 14.0. The van der Waals surface area contributed by atoms with Crippen LogP contribution >= 0.6 is 0 Å². The molecule has 4 aromatic rings. The van der Waals surface area contributed by atoms with Crippen LogP contribution in [0.3, 0.4) is 0 Å². The summed E-state index contributed by atoms with van der Waals surface area (Å²) < 4.78 is 7.75. The fourth-order valence-electron chi connectivity index (χ4n) is 5.18. The molecule has 1 amide bonds. The van der Waals surface area contributed by atoms with Crippen molar-refractivity contribution in [2.75, 3.05) is 13.2 Å². The number of nitrogens with zero attached hydrogens (tertiary/aromatic N) is 2. The average Bonchev–Trinajstić information content (AvgIpc) is 3.13. The van der Waals surface area contributed by atoms with E-state index in [0.29, 0.717) is 30.9 Å². The molecule has 3 aromatic carbocycles. The summed E-state index contributed by atoms with van der Waals surface area (Å²) in [4.78, 5) is 27.4. The molecular weight excluding hydrogens is 416 g/mol. The van der Waals surface area contributed by atoms with Crippen LogP contribution < -0.4 is 4.74 Å². The van der Waals surface area contributed by atoms with Crippen LogP contribution in [0.15, 0.2) is 60.7 Å². The standard InChI is InChI=1S/C27H26N2O4/c1-3-33-23-13-12-18-8-4-5-9-19(18)26(23)27(32)28-15-14-22-25(17(28)2)20-10-6-7-11-21(20)29(22)16-24(30)31/h4-13,17H,3,14-16H2,1-2H3,(H,30,31). The lowest BCUT2D eigenvalue weighted by molar-refractivity contribution is -0.137. The van der Waals surface area contributed by atoms with Crippen molar-refractivity contribution in [2.24, 2.45) is 0 Å². The summed E-state index contributed by atoms with van der Waals surface area (Å²) in [5, 5.41) is 12.4. The van der Waals surface area contributed by atoms with E-state index in [1.54, 1.807) is 0 Å². The van der Waals surface area contributed by atoms with Gasteiger partial charge in [0, 0.05) is 35.1 Å². The largest absolute Gasteiger partial charge is 0.493 e. The molecule has 1 aliphatic rings. The van der Waals surface area contributed by atoms with Crippen LogP contribution in [-0.2, 0) is 17.8 Å². The number of para-hydroxylation sites is 1. The highest BCUT2D eigenvalue weighted by Crippen LogP contribution is 2.40. The Morgan fingerprint density at radius 3 is 2.52 bits per heavy atom. The normalized spacial score (nSPS) is 15.6. The highest BCUT2D eigenvalue weighted by atomic mass is 16.5. The van der Waals surface area contributed by atoms with Crippen molar-refractivity contribution in [1.29, 1.82) is 0 Å². The van der Waals surface area contributed by atoms with E-state index in [9.17, 15) is 14.7 Å². The lowest BCUT2D eigenvalue weighted by Gasteiger charge is -2.35. The maximum atomic E-state index is 14.0. The number of aliphatic carboxylic acids is 1. The molecule has 168 valence electrons. The molecule has 0 saturated carbocycles. The molecule has 0 spiro atoms. The summed E-state index contributed by atoms with van der Waals surface area (Å²) in [5.74, 6) is -0.349. The van der Waals surface area contributed by atoms with Crippen molar-refractivity contribution in [1.82, 2.24) is 9.47 Å². The zero-order chi connectivity index (χ0) is 23.1. The Balaban J connectivity index is 1.63. The lowest BCUT2D eigenvalue weighted by Crippen LogP contribution is -2.39. The van der Waals surface area contributed by atoms with E-state index < -0.39 is 5.97 Å². The SMILES string of the molecule is CCOc1ccc2ccccc2c1C(=O)N1CCc2c(c3ccccc3n2CC(=O)O)C1C. The number of carbonyl (C=O) groups excluding carboxylic acids is 1. The van der Waals surface area contributed by atoms with Gasteiger partial charge in [0.25, 0.3) is 5.91 Å². The number of benzene rings is 3. The van der Waals surface area contributed by atoms with Gasteiger partial charge in [-0.2, -0.15) is 0 Å². The third kappa shape index (κ3) is 3.42. The molecule has 6 nitrogen and oxygen atoms in total. The van der Waals surface area contributed by atoms with Crippen LogP contribution in [0.25, 0.3) is 21.7 Å². The zero-order valence-electron chi connectivity index (χ0n) is 18.7. The summed E-state index contributed by atoms with van der Waals surface area (Å²) in [6.07, 6.45) is 0.599. The Bertz CT molecular complexity index is 1390. The maximum Gasteiger partial charge on any atom is 0.323 e. The highest BCUT2D eigenvalue weighted by molar-refractivity contribution is 6.10. The van der Waals surface area contributed by atoms with Crippen molar-refractivity contribution in [3.8, 4) is 5.75 Å². The first-order chi connectivity index (χ1) is 16.0. The molecule has 33 heavy (non-hydrogen) atoms. The quantitative estimate of drug-likeness (QED) is 0.470. The Labute approximate surface area is 192 Å². The molecule has 1 atom stereocenters. The van der Waals surface area contributed by atoms with Gasteiger partial charge in [-0.25, -0.2) is 0 Å². The Kier molecular flexibility index (Phi) is 5.29. The van der Waals surface area contributed by atoms with E-state index in [2.05, 4.69) is 0 Å². The number of aromatic nitrogens is 1. The minimum atomic E-state index is -0.873. The number of carboxylic acid groups (broad SMARTS) is 1. The first-order valence-corrected chi connectivity index (χ1v) is 11.3. The predicted molar refractivity (Wildman–Crippen MR) is 128 cm³/mol. The van der Waals surface area contributed by atoms with E-state index in [1.807, 2.05) is 84.0 Å². The number of ether oxygens (including phenoxy) is 1. The number of amides is 1. The van der Waals surface area contributed by atoms with Gasteiger partial charge in [-0.3, -0.25) is 9.59 Å². The number of carbonyl (C=O) groups is 2. The Morgan fingerprint density at radius 1 is 1.03 bits per heavy atom. The smallest absolute Gasteiger partial charge is 0.323 e. The molecule has 1 aromatic heterocycles. The first kappa shape index (κ1) is 21.1. The number of fused-ring (bicyclic) bond motifs is 4. The molecule has 0 fully saturated rings. The minimum absolute atomic E-state index is 0.0662. The highest BCUT2D eigenvalue weighted by Gasteiger charge is 2.34. The van der Waals surface area contributed by atoms with Crippen molar-refractivity contribution >= 4 is 33.6 Å².